The number of halogens is 1. The molecule has 204 valence electrons. The quantitative estimate of drug-likeness (QED) is 0.261. The fourth-order valence-electron chi connectivity index (χ4n) is 5.08. The van der Waals surface area contributed by atoms with Crippen molar-refractivity contribution in [1.29, 1.82) is 0 Å². The van der Waals surface area contributed by atoms with E-state index in [4.69, 9.17) is 4.74 Å². The molecular weight excluding hydrogens is 509 g/mol. The molecule has 0 N–H and O–H groups in total. The first-order chi connectivity index (χ1) is 19.4. The molecule has 4 aromatic heterocycles. The summed E-state index contributed by atoms with van der Waals surface area (Å²) in [5, 5.41) is 9.04. The Morgan fingerprint density at radius 1 is 1.18 bits per heavy atom. The summed E-state index contributed by atoms with van der Waals surface area (Å²) >= 11 is 0. The number of pyridine rings is 2. The highest BCUT2D eigenvalue weighted by Gasteiger charge is 2.26. The van der Waals surface area contributed by atoms with Gasteiger partial charge in [-0.05, 0) is 69.7 Å². The van der Waals surface area contributed by atoms with E-state index in [2.05, 4.69) is 38.7 Å². The van der Waals surface area contributed by atoms with E-state index in [1.165, 1.54) is 18.3 Å². The van der Waals surface area contributed by atoms with Crippen LogP contribution in [0.2, 0.25) is 0 Å². The number of hydrogen-bond acceptors (Lipinski definition) is 6. The van der Waals surface area contributed by atoms with E-state index in [-0.39, 0.29) is 11.9 Å². The molecule has 4 aromatic rings. The molecule has 1 amide bonds. The lowest BCUT2D eigenvalue weighted by atomic mass is 10.0. The fraction of sp³-hybridized carbons (Fsp3) is 0.367. The molecule has 0 bridgehead atoms. The van der Waals surface area contributed by atoms with Crippen molar-refractivity contribution >= 4 is 11.6 Å². The minimum absolute atomic E-state index is 0.0405. The molecule has 1 saturated carbocycles. The largest absolute Gasteiger partial charge is 0.469 e. The Morgan fingerprint density at radius 3 is 2.67 bits per heavy atom. The van der Waals surface area contributed by atoms with E-state index in [0.29, 0.717) is 36.2 Å². The summed E-state index contributed by atoms with van der Waals surface area (Å²) in [6, 6.07) is 7.02. The first-order valence-electron chi connectivity index (χ1n) is 13.6. The molecule has 1 unspecified atom stereocenters. The number of aromatic nitrogens is 6. The zero-order valence-electron chi connectivity index (χ0n) is 22.5. The van der Waals surface area contributed by atoms with Crippen molar-refractivity contribution in [3.05, 3.63) is 72.2 Å². The molecule has 0 radical (unpaired) electrons. The van der Waals surface area contributed by atoms with Crippen molar-refractivity contribution in [1.82, 2.24) is 34.3 Å². The standard InChI is InChI=1S/C30H30FN7O2/c1-4-28(39)36-13-11-24(12-14-36)38-19(2)30(34-35-38)22-15-27-33-18-25(9-7-21-5-6-21)37(27)29(16-22)40-20(3)26-10-8-23(31)17-32-26/h4,8,10,15-18,20-21,24H,1,5-6,11-14H2,2-3H3. The second-order valence-corrected chi connectivity index (χ2v) is 10.4. The highest BCUT2D eigenvalue weighted by Crippen LogP contribution is 2.33. The van der Waals surface area contributed by atoms with E-state index in [9.17, 15) is 9.18 Å². The maximum atomic E-state index is 13.5. The van der Waals surface area contributed by atoms with Gasteiger partial charge in [0, 0.05) is 30.6 Å². The van der Waals surface area contributed by atoms with Crippen LogP contribution < -0.4 is 4.74 Å². The van der Waals surface area contributed by atoms with Gasteiger partial charge >= 0.3 is 0 Å². The van der Waals surface area contributed by atoms with E-state index in [1.807, 2.05) is 40.0 Å². The van der Waals surface area contributed by atoms with Gasteiger partial charge in [-0.15, -0.1) is 5.10 Å². The lowest BCUT2D eigenvalue weighted by molar-refractivity contribution is -0.127. The van der Waals surface area contributed by atoms with Crippen molar-refractivity contribution in [2.45, 2.75) is 51.7 Å². The zero-order valence-corrected chi connectivity index (χ0v) is 22.5. The number of hydrogen-bond donors (Lipinski definition) is 0. The smallest absolute Gasteiger partial charge is 0.245 e. The Balaban J connectivity index is 1.34. The molecule has 1 aliphatic carbocycles. The molecule has 6 rings (SSSR count). The van der Waals surface area contributed by atoms with Crippen molar-refractivity contribution in [3.8, 4) is 29.0 Å². The van der Waals surface area contributed by atoms with Crippen molar-refractivity contribution in [2.75, 3.05) is 13.1 Å². The number of rotatable bonds is 6. The first-order valence-corrected chi connectivity index (χ1v) is 13.6. The summed E-state index contributed by atoms with van der Waals surface area (Å²) in [4.78, 5) is 22.6. The van der Waals surface area contributed by atoms with Crippen LogP contribution in [0.5, 0.6) is 5.88 Å². The van der Waals surface area contributed by atoms with Gasteiger partial charge in [-0.3, -0.25) is 14.2 Å². The second-order valence-electron chi connectivity index (χ2n) is 10.4. The molecule has 1 aliphatic heterocycles. The Morgan fingerprint density at radius 2 is 1.98 bits per heavy atom. The third-order valence-electron chi connectivity index (χ3n) is 7.52. The van der Waals surface area contributed by atoms with E-state index in [0.717, 1.165) is 48.3 Å². The lowest BCUT2D eigenvalue weighted by Gasteiger charge is -2.31. The van der Waals surface area contributed by atoms with Gasteiger partial charge < -0.3 is 9.64 Å². The molecule has 2 aliphatic rings. The van der Waals surface area contributed by atoms with Crippen LogP contribution in [0.25, 0.3) is 16.9 Å². The number of carbonyl (C=O) groups is 1. The topological polar surface area (TPSA) is 90.4 Å². The summed E-state index contributed by atoms with van der Waals surface area (Å²) in [5.41, 5.74) is 4.50. The van der Waals surface area contributed by atoms with Gasteiger partial charge in [0.05, 0.1) is 29.8 Å². The van der Waals surface area contributed by atoms with Gasteiger partial charge in [0.1, 0.15) is 29.0 Å². The third kappa shape index (κ3) is 5.07. The molecule has 1 atom stereocenters. The number of carbonyl (C=O) groups excluding carboxylic acids is 1. The average molecular weight is 540 g/mol. The van der Waals surface area contributed by atoms with Gasteiger partial charge in [-0.2, -0.15) is 0 Å². The van der Waals surface area contributed by atoms with E-state index in [1.54, 1.807) is 12.3 Å². The summed E-state index contributed by atoms with van der Waals surface area (Å²) in [6.07, 6.45) is 7.69. The van der Waals surface area contributed by atoms with Crippen LogP contribution in [0.3, 0.4) is 0 Å². The lowest BCUT2D eigenvalue weighted by Crippen LogP contribution is -2.38. The van der Waals surface area contributed by atoms with Crippen LogP contribution in [0, 0.1) is 30.5 Å². The predicted molar refractivity (Wildman–Crippen MR) is 147 cm³/mol. The molecule has 5 heterocycles. The van der Waals surface area contributed by atoms with Crippen molar-refractivity contribution in [2.24, 2.45) is 5.92 Å². The molecular formula is C30H30FN7O2. The highest BCUT2D eigenvalue weighted by molar-refractivity contribution is 5.87. The fourth-order valence-corrected chi connectivity index (χ4v) is 5.08. The number of ether oxygens (including phenoxy) is 1. The van der Waals surface area contributed by atoms with E-state index < -0.39 is 11.9 Å². The Bertz CT molecular complexity index is 1630. The highest BCUT2D eigenvalue weighted by atomic mass is 19.1. The van der Waals surface area contributed by atoms with Crippen LogP contribution in [0.4, 0.5) is 4.39 Å². The Labute approximate surface area is 231 Å². The SMILES string of the molecule is C=CC(=O)N1CCC(n2nnc(-c3cc(OC(C)c4ccc(F)cn4)n4c(C#CC5CC5)cnc4c3)c2C)CC1. The third-order valence-corrected chi connectivity index (χ3v) is 7.52. The minimum Gasteiger partial charge on any atom is -0.469 e. The van der Waals surface area contributed by atoms with Gasteiger partial charge in [0.25, 0.3) is 0 Å². The predicted octanol–water partition coefficient (Wildman–Crippen LogP) is 4.69. The number of amides is 1. The summed E-state index contributed by atoms with van der Waals surface area (Å²) in [5.74, 6) is 7.10. The Hall–Kier alpha value is -4.52. The molecule has 0 spiro atoms. The van der Waals surface area contributed by atoms with Gasteiger partial charge in [0.2, 0.25) is 11.8 Å². The van der Waals surface area contributed by atoms with Crippen LogP contribution in [-0.4, -0.2) is 53.3 Å². The summed E-state index contributed by atoms with van der Waals surface area (Å²) < 4.78 is 23.7. The monoisotopic (exact) mass is 539 g/mol. The van der Waals surface area contributed by atoms with Gasteiger partial charge in [0.15, 0.2) is 0 Å². The second kappa shape index (κ2) is 10.6. The van der Waals surface area contributed by atoms with Crippen LogP contribution in [0.1, 0.15) is 61.8 Å². The molecule has 9 nitrogen and oxygen atoms in total. The minimum atomic E-state index is -0.453. The molecule has 40 heavy (non-hydrogen) atoms. The summed E-state index contributed by atoms with van der Waals surface area (Å²) in [7, 11) is 0. The number of fused-ring (bicyclic) bond motifs is 1. The first kappa shape index (κ1) is 25.7. The number of imidazole rings is 1. The van der Waals surface area contributed by atoms with Crippen LogP contribution in [0.15, 0.2) is 49.3 Å². The summed E-state index contributed by atoms with van der Waals surface area (Å²) in [6.45, 7) is 8.78. The zero-order chi connectivity index (χ0) is 27.8. The molecule has 2 fully saturated rings. The van der Waals surface area contributed by atoms with E-state index >= 15 is 0 Å². The average Bonchev–Trinajstić information content (AvgIpc) is 3.59. The maximum Gasteiger partial charge on any atom is 0.245 e. The molecule has 0 aromatic carbocycles. The maximum absolute atomic E-state index is 13.5. The number of nitrogens with zero attached hydrogens (tertiary/aromatic N) is 7. The normalized spacial score (nSPS) is 16.4. The molecule has 1 saturated heterocycles. The van der Waals surface area contributed by atoms with Crippen molar-refractivity contribution < 1.29 is 13.9 Å². The van der Waals surface area contributed by atoms with Crippen LogP contribution >= 0.6 is 0 Å². The number of piperidine rings is 1. The Kier molecular flexibility index (Phi) is 6.80. The van der Waals surface area contributed by atoms with Gasteiger partial charge in [-0.25, -0.2) is 14.1 Å². The van der Waals surface area contributed by atoms with Crippen LogP contribution in [-0.2, 0) is 4.79 Å². The number of likely N-dealkylation sites (tertiary alicyclic amines) is 1. The van der Waals surface area contributed by atoms with Crippen molar-refractivity contribution in [3.63, 3.8) is 0 Å². The van der Waals surface area contributed by atoms with Gasteiger partial charge in [-0.1, -0.05) is 17.7 Å². The molecule has 10 heteroatoms.